The summed E-state index contributed by atoms with van der Waals surface area (Å²) in [5.41, 5.74) is 12.6. The summed E-state index contributed by atoms with van der Waals surface area (Å²) in [4.78, 5) is 0. The van der Waals surface area contributed by atoms with Crippen LogP contribution in [0, 0.1) is 0 Å². The van der Waals surface area contributed by atoms with Crippen LogP contribution in [0.15, 0.2) is 158 Å². The lowest BCUT2D eigenvalue weighted by Gasteiger charge is -2.35. The van der Waals surface area contributed by atoms with Crippen molar-refractivity contribution in [1.82, 2.24) is 9.13 Å². The lowest BCUT2D eigenvalue weighted by Crippen LogP contribution is -2.23. The molecule has 0 amide bonds. The molecule has 0 aliphatic heterocycles. The van der Waals surface area contributed by atoms with Gasteiger partial charge < -0.3 is 9.13 Å². The molecular formula is C47H32N2. The normalized spacial score (nSPS) is 13.7. The van der Waals surface area contributed by atoms with Crippen molar-refractivity contribution in [3.63, 3.8) is 0 Å². The molecular weight excluding hydrogens is 593 g/mol. The lowest BCUT2D eigenvalue weighted by molar-refractivity contribution is 0.645. The molecule has 2 nitrogen and oxygen atoms in total. The Labute approximate surface area is 284 Å². The fourth-order valence-electron chi connectivity index (χ4n) is 9.13. The Bertz CT molecular complexity index is 3010. The number of rotatable bonds is 2. The third kappa shape index (κ3) is 3.45. The number of nitrogens with zero attached hydrogens (tertiary/aromatic N) is 2. The van der Waals surface area contributed by atoms with Gasteiger partial charge in [-0.3, -0.25) is 0 Å². The first kappa shape index (κ1) is 26.9. The first-order valence-corrected chi connectivity index (χ1v) is 17.2. The maximum absolute atomic E-state index is 2.52. The van der Waals surface area contributed by atoms with Crippen molar-refractivity contribution in [1.29, 1.82) is 0 Å². The van der Waals surface area contributed by atoms with Crippen LogP contribution in [-0.4, -0.2) is 9.13 Å². The molecule has 0 bridgehead atoms. The van der Waals surface area contributed by atoms with Gasteiger partial charge in [0.05, 0.1) is 22.1 Å². The number of fused-ring (bicyclic) bond motifs is 11. The summed E-state index contributed by atoms with van der Waals surface area (Å²) in [6, 6.07) is 58.5. The van der Waals surface area contributed by atoms with Crippen LogP contribution in [0.2, 0.25) is 0 Å². The average Bonchev–Trinajstić information content (AvgIpc) is 3.66. The van der Waals surface area contributed by atoms with Gasteiger partial charge >= 0.3 is 0 Å². The van der Waals surface area contributed by atoms with Crippen molar-refractivity contribution < 1.29 is 0 Å². The highest BCUT2D eigenvalue weighted by Gasteiger charge is 2.35. The van der Waals surface area contributed by atoms with E-state index in [2.05, 4.69) is 181 Å². The van der Waals surface area contributed by atoms with Crippen molar-refractivity contribution in [2.24, 2.45) is 0 Å². The van der Waals surface area contributed by atoms with Gasteiger partial charge in [-0.25, -0.2) is 0 Å². The maximum atomic E-state index is 2.52. The van der Waals surface area contributed by atoms with Crippen LogP contribution in [0.5, 0.6) is 0 Å². The number of hydrogen-bond donors (Lipinski definition) is 0. The summed E-state index contributed by atoms with van der Waals surface area (Å²) in [6.45, 7) is 4.76. The van der Waals surface area contributed by atoms with Gasteiger partial charge in [0, 0.05) is 43.9 Å². The van der Waals surface area contributed by atoms with Crippen LogP contribution in [0.4, 0.5) is 0 Å². The van der Waals surface area contributed by atoms with Crippen molar-refractivity contribution in [3.05, 3.63) is 169 Å². The summed E-state index contributed by atoms with van der Waals surface area (Å²) in [5.74, 6) is 0. The molecule has 230 valence electrons. The quantitative estimate of drug-likeness (QED) is 0.181. The van der Waals surface area contributed by atoms with E-state index in [0.717, 1.165) is 0 Å². The Morgan fingerprint density at radius 2 is 1.06 bits per heavy atom. The van der Waals surface area contributed by atoms with E-state index >= 15 is 0 Å². The highest BCUT2D eigenvalue weighted by atomic mass is 15.0. The summed E-state index contributed by atoms with van der Waals surface area (Å²) < 4.78 is 4.92. The molecule has 0 spiro atoms. The van der Waals surface area contributed by atoms with E-state index in [1.165, 1.54) is 98.8 Å². The Kier molecular flexibility index (Phi) is 5.21. The molecule has 1 aliphatic carbocycles. The SMILES string of the molecule is CC1(C)c2ccccc2-c2c3c1cccc3cc1c2c2c3ccccc3ccc2n1-c1ccc2c(c1)c1ccccc1n2-c1ccccc1. The predicted octanol–water partition coefficient (Wildman–Crippen LogP) is 12.5. The second-order valence-corrected chi connectivity index (χ2v) is 14.1. The van der Waals surface area contributed by atoms with Crippen LogP contribution in [-0.2, 0) is 5.41 Å². The van der Waals surface area contributed by atoms with Crippen LogP contribution in [0.1, 0.15) is 25.0 Å². The Morgan fingerprint density at radius 3 is 1.96 bits per heavy atom. The molecule has 0 fully saturated rings. The van der Waals surface area contributed by atoms with Crippen LogP contribution in [0.25, 0.3) is 87.7 Å². The van der Waals surface area contributed by atoms with Crippen molar-refractivity contribution in [2.75, 3.05) is 0 Å². The second-order valence-electron chi connectivity index (χ2n) is 14.1. The minimum absolute atomic E-state index is 0.102. The highest BCUT2D eigenvalue weighted by Crippen LogP contribution is 2.53. The standard InChI is InChI=1S/C47H32N2/c1-47(2)37-20-10-8-19-35(37)45-43-30(14-12-21-38(43)47)27-42-46(45)44-33-17-7-6-13-29(33)23-25-41(44)49(42)32-24-26-40-36(28-32)34-18-9-11-22-39(34)48(40)31-15-4-3-5-16-31/h3-28H,1-2H3. The van der Waals surface area contributed by atoms with Crippen LogP contribution >= 0.6 is 0 Å². The topological polar surface area (TPSA) is 9.86 Å². The number of aromatic nitrogens is 2. The Balaban J connectivity index is 1.33. The van der Waals surface area contributed by atoms with Crippen LogP contribution < -0.4 is 0 Å². The third-order valence-corrected chi connectivity index (χ3v) is 11.3. The molecule has 0 atom stereocenters. The van der Waals surface area contributed by atoms with Gasteiger partial charge in [-0.05, 0) is 86.8 Å². The molecule has 2 heterocycles. The van der Waals surface area contributed by atoms with E-state index in [4.69, 9.17) is 0 Å². The summed E-state index contributed by atoms with van der Waals surface area (Å²) in [6.07, 6.45) is 0. The molecule has 2 heteroatoms. The zero-order chi connectivity index (χ0) is 32.4. The largest absolute Gasteiger partial charge is 0.309 e. The van der Waals surface area contributed by atoms with Gasteiger partial charge in [0.1, 0.15) is 0 Å². The smallest absolute Gasteiger partial charge is 0.0553 e. The van der Waals surface area contributed by atoms with E-state index in [1.807, 2.05) is 0 Å². The Hall–Kier alpha value is -6.12. The molecule has 0 N–H and O–H groups in total. The number of hydrogen-bond acceptors (Lipinski definition) is 0. The summed E-state index contributed by atoms with van der Waals surface area (Å²) in [5, 5.41) is 10.4. The van der Waals surface area contributed by atoms with E-state index in [9.17, 15) is 0 Å². The molecule has 0 unspecified atom stereocenters. The van der Waals surface area contributed by atoms with E-state index in [0.29, 0.717) is 0 Å². The fraction of sp³-hybridized carbons (Fsp3) is 0.0638. The molecule has 11 rings (SSSR count). The van der Waals surface area contributed by atoms with E-state index in [-0.39, 0.29) is 5.41 Å². The van der Waals surface area contributed by atoms with Crippen LogP contribution in [0.3, 0.4) is 0 Å². The van der Waals surface area contributed by atoms with Gasteiger partial charge in [0.2, 0.25) is 0 Å². The second kappa shape index (κ2) is 9.49. The van der Waals surface area contributed by atoms with Gasteiger partial charge in [-0.1, -0.05) is 123 Å². The zero-order valence-electron chi connectivity index (χ0n) is 27.4. The first-order chi connectivity index (χ1) is 24.1. The molecule has 10 aromatic rings. The lowest BCUT2D eigenvalue weighted by atomic mass is 9.68. The molecule has 0 saturated carbocycles. The van der Waals surface area contributed by atoms with Gasteiger partial charge in [0.25, 0.3) is 0 Å². The fourth-order valence-corrected chi connectivity index (χ4v) is 9.13. The predicted molar refractivity (Wildman–Crippen MR) is 208 cm³/mol. The first-order valence-electron chi connectivity index (χ1n) is 17.2. The molecule has 0 radical (unpaired) electrons. The van der Waals surface area contributed by atoms with Gasteiger partial charge in [-0.2, -0.15) is 0 Å². The Morgan fingerprint density at radius 1 is 0.388 bits per heavy atom. The third-order valence-electron chi connectivity index (χ3n) is 11.3. The summed E-state index contributed by atoms with van der Waals surface area (Å²) in [7, 11) is 0. The van der Waals surface area contributed by atoms with Crippen molar-refractivity contribution in [3.8, 4) is 22.5 Å². The minimum atomic E-state index is -0.102. The number of para-hydroxylation sites is 2. The monoisotopic (exact) mass is 624 g/mol. The van der Waals surface area contributed by atoms with Crippen molar-refractivity contribution in [2.45, 2.75) is 19.3 Å². The minimum Gasteiger partial charge on any atom is -0.309 e. The maximum Gasteiger partial charge on any atom is 0.0553 e. The molecule has 1 aliphatic rings. The molecule has 2 aromatic heterocycles. The summed E-state index contributed by atoms with van der Waals surface area (Å²) >= 11 is 0. The average molecular weight is 625 g/mol. The van der Waals surface area contributed by atoms with Crippen molar-refractivity contribution >= 4 is 65.2 Å². The van der Waals surface area contributed by atoms with E-state index in [1.54, 1.807) is 0 Å². The zero-order valence-corrected chi connectivity index (χ0v) is 27.4. The van der Waals surface area contributed by atoms with Gasteiger partial charge in [0.15, 0.2) is 0 Å². The number of benzene rings is 8. The van der Waals surface area contributed by atoms with E-state index < -0.39 is 0 Å². The molecule has 0 saturated heterocycles. The molecule has 49 heavy (non-hydrogen) atoms. The highest BCUT2D eigenvalue weighted by molar-refractivity contribution is 6.30. The molecule has 8 aromatic carbocycles. The van der Waals surface area contributed by atoms with Gasteiger partial charge in [-0.15, -0.1) is 0 Å².